The summed E-state index contributed by atoms with van der Waals surface area (Å²) < 4.78 is 13.4. The van der Waals surface area contributed by atoms with Crippen molar-refractivity contribution in [2.24, 2.45) is 28.6 Å². The van der Waals surface area contributed by atoms with Crippen molar-refractivity contribution in [2.75, 3.05) is 12.3 Å². The van der Waals surface area contributed by atoms with E-state index in [-0.39, 0.29) is 29.3 Å². The summed E-state index contributed by atoms with van der Waals surface area (Å²) in [5, 5.41) is 22.1. The Balaban J connectivity index is 1.17. The number of Topliss-reactive ketones (excluding diaryl/α,β-unsaturated/α-hetero) is 1. The summed E-state index contributed by atoms with van der Waals surface area (Å²) in [6.45, 7) is 3.55. The van der Waals surface area contributed by atoms with E-state index in [1.54, 1.807) is 23.9 Å². The highest BCUT2D eigenvalue weighted by atomic mass is 32.2. The van der Waals surface area contributed by atoms with Gasteiger partial charge in [0.1, 0.15) is 6.61 Å². The smallest absolute Gasteiger partial charge is 0.193 e. The second-order valence-electron chi connectivity index (χ2n) is 13.4. The number of benzene rings is 2. The zero-order valence-electron chi connectivity index (χ0n) is 24.6. The van der Waals surface area contributed by atoms with Gasteiger partial charge >= 0.3 is 0 Å². The zero-order chi connectivity index (χ0) is 30.1. The molecule has 0 amide bonds. The number of fused-ring (bicyclic) bond motifs is 7. The Kier molecular flexibility index (Phi) is 7.02. The maximum atomic E-state index is 13.8. The minimum Gasteiger partial charge on any atom is -0.399 e. The largest absolute Gasteiger partial charge is 0.399 e. The molecule has 4 N–H and O–H groups in total. The summed E-state index contributed by atoms with van der Waals surface area (Å²) in [5.74, 6) is 0.529. The molecule has 1 heterocycles. The minimum absolute atomic E-state index is 0.00418. The number of thioether (sulfide) groups is 1. The molecular formula is C35H39NO6S. The number of carbonyl (C=O) groups is 2. The van der Waals surface area contributed by atoms with Gasteiger partial charge in [-0.1, -0.05) is 49.8 Å². The summed E-state index contributed by atoms with van der Waals surface area (Å²) in [5.41, 5.74) is 7.17. The van der Waals surface area contributed by atoms with Gasteiger partial charge in [0.15, 0.2) is 23.5 Å². The van der Waals surface area contributed by atoms with E-state index in [0.717, 1.165) is 40.3 Å². The van der Waals surface area contributed by atoms with Crippen LogP contribution in [0.1, 0.15) is 56.9 Å². The molecule has 0 spiro atoms. The third-order valence-corrected chi connectivity index (χ3v) is 12.4. The van der Waals surface area contributed by atoms with E-state index in [4.69, 9.17) is 15.2 Å². The summed E-state index contributed by atoms with van der Waals surface area (Å²) >= 11 is 1.70. The first-order chi connectivity index (χ1) is 20.6. The van der Waals surface area contributed by atoms with E-state index < -0.39 is 41.5 Å². The van der Waals surface area contributed by atoms with Crippen LogP contribution in [0.15, 0.2) is 77.2 Å². The Labute approximate surface area is 256 Å². The maximum Gasteiger partial charge on any atom is 0.193 e. The van der Waals surface area contributed by atoms with Crippen molar-refractivity contribution >= 4 is 29.0 Å². The van der Waals surface area contributed by atoms with Crippen molar-refractivity contribution in [1.29, 1.82) is 0 Å². The fourth-order valence-electron chi connectivity index (χ4n) is 9.37. The molecule has 0 bridgehead atoms. The van der Waals surface area contributed by atoms with Crippen LogP contribution in [0.3, 0.4) is 0 Å². The van der Waals surface area contributed by atoms with E-state index in [1.165, 1.54) is 5.56 Å². The van der Waals surface area contributed by atoms with Crippen molar-refractivity contribution in [2.45, 2.75) is 74.3 Å². The normalized spacial score (nSPS) is 39.4. The molecule has 2 aromatic rings. The molecule has 226 valence electrons. The van der Waals surface area contributed by atoms with Crippen molar-refractivity contribution in [3.63, 3.8) is 0 Å². The predicted molar refractivity (Wildman–Crippen MR) is 164 cm³/mol. The number of aliphatic hydroxyl groups excluding tert-OH is 2. The van der Waals surface area contributed by atoms with E-state index in [0.29, 0.717) is 12.8 Å². The molecule has 0 unspecified atom stereocenters. The third kappa shape index (κ3) is 4.32. The second kappa shape index (κ2) is 10.4. The fraction of sp³-hybridized carbons (Fsp3) is 0.486. The lowest BCUT2D eigenvalue weighted by molar-refractivity contribution is -0.201. The molecule has 0 aromatic heterocycles. The molecule has 9 atom stereocenters. The Morgan fingerprint density at radius 3 is 2.72 bits per heavy atom. The minimum atomic E-state index is -1.36. The number of rotatable bonds is 6. The van der Waals surface area contributed by atoms with Gasteiger partial charge in [0.05, 0.1) is 12.2 Å². The van der Waals surface area contributed by atoms with Crippen LogP contribution in [0.4, 0.5) is 5.69 Å². The lowest BCUT2D eigenvalue weighted by Gasteiger charge is -2.59. The molecule has 4 fully saturated rings. The first-order valence-corrected chi connectivity index (χ1v) is 16.2. The van der Waals surface area contributed by atoms with Gasteiger partial charge in [-0.25, -0.2) is 0 Å². The first-order valence-electron chi connectivity index (χ1n) is 15.3. The highest BCUT2D eigenvalue weighted by Crippen LogP contribution is 2.70. The summed E-state index contributed by atoms with van der Waals surface area (Å²) in [6, 6.07) is 15.9. The van der Waals surface area contributed by atoms with Gasteiger partial charge in [0, 0.05) is 38.6 Å². The van der Waals surface area contributed by atoms with Gasteiger partial charge in [-0.3, -0.25) is 9.59 Å². The number of nitrogens with two attached hydrogens (primary N) is 1. The highest BCUT2D eigenvalue weighted by molar-refractivity contribution is 7.98. The van der Waals surface area contributed by atoms with E-state index in [1.807, 2.05) is 54.6 Å². The number of anilines is 1. The van der Waals surface area contributed by atoms with Gasteiger partial charge < -0.3 is 25.4 Å². The molecular weight excluding hydrogens is 562 g/mol. The Morgan fingerprint density at radius 2 is 1.95 bits per heavy atom. The molecule has 1 saturated heterocycles. The first kappa shape index (κ1) is 29.0. The van der Waals surface area contributed by atoms with Crippen LogP contribution in [0.5, 0.6) is 0 Å². The molecule has 7 nitrogen and oxygen atoms in total. The number of aliphatic hydroxyl groups is 2. The van der Waals surface area contributed by atoms with Crippen LogP contribution in [-0.4, -0.2) is 46.2 Å². The average molecular weight is 602 g/mol. The lowest BCUT2D eigenvalue weighted by Crippen LogP contribution is -2.63. The van der Waals surface area contributed by atoms with Crippen LogP contribution < -0.4 is 5.73 Å². The second-order valence-corrected chi connectivity index (χ2v) is 14.5. The van der Waals surface area contributed by atoms with Crippen molar-refractivity contribution in [3.05, 3.63) is 83.5 Å². The molecule has 5 aliphatic rings. The number of ether oxygens (including phenoxy) is 2. The molecule has 2 aromatic carbocycles. The molecule has 8 heteroatoms. The molecule has 7 rings (SSSR count). The summed E-state index contributed by atoms with van der Waals surface area (Å²) in [7, 11) is 0. The quantitative estimate of drug-likeness (QED) is 0.307. The number of hydrogen-bond acceptors (Lipinski definition) is 8. The van der Waals surface area contributed by atoms with Gasteiger partial charge in [0.2, 0.25) is 0 Å². The number of allylic oxidation sites excluding steroid dienone is 4. The number of ketones is 2. The van der Waals surface area contributed by atoms with Crippen LogP contribution in [0, 0.1) is 28.6 Å². The SMILES string of the molecule is C[C@]12C=CC(=O)C=C1CC[C@@H]1[C@@H]2[C@@H](O)C[C@@]2(C)[C@H]1C[C@H]1O[C@@H](c3cccc(SCc4ccc(N)cc4)c3)O[C@]12C(=O)CO. The molecule has 4 aliphatic carbocycles. The van der Waals surface area contributed by atoms with Crippen molar-refractivity contribution < 1.29 is 29.3 Å². The molecule has 43 heavy (non-hydrogen) atoms. The van der Waals surface area contributed by atoms with Crippen LogP contribution >= 0.6 is 11.8 Å². The topological polar surface area (TPSA) is 119 Å². The fourth-order valence-corrected chi connectivity index (χ4v) is 10.3. The molecule has 1 aliphatic heterocycles. The average Bonchev–Trinajstić information content (AvgIpc) is 3.50. The number of carbonyl (C=O) groups excluding carboxylic acids is 2. The molecule has 3 saturated carbocycles. The lowest BCUT2D eigenvalue weighted by atomic mass is 9.46. The Morgan fingerprint density at radius 1 is 1.16 bits per heavy atom. The van der Waals surface area contributed by atoms with Gasteiger partial charge in [-0.2, -0.15) is 0 Å². The van der Waals surface area contributed by atoms with Crippen LogP contribution in [0.25, 0.3) is 0 Å². The predicted octanol–water partition coefficient (Wildman–Crippen LogP) is 5.16. The van der Waals surface area contributed by atoms with Gasteiger partial charge in [-0.05, 0) is 79.5 Å². The van der Waals surface area contributed by atoms with E-state index in [9.17, 15) is 19.8 Å². The van der Waals surface area contributed by atoms with Gasteiger partial charge in [0.25, 0.3) is 0 Å². The Hall–Kier alpha value is -2.75. The van der Waals surface area contributed by atoms with E-state index >= 15 is 0 Å². The van der Waals surface area contributed by atoms with Crippen molar-refractivity contribution in [3.8, 4) is 0 Å². The van der Waals surface area contributed by atoms with Crippen LogP contribution in [0.2, 0.25) is 0 Å². The zero-order valence-corrected chi connectivity index (χ0v) is 25.4. The van der Waals surface area contributed by atoms with Crippen LogP contribution in [-0.2, 0) is 24.8 Å². The number of nitrogen functional groups attached to an aromatic ring is 1. The maximum absolute atomic E-state index is 13.8. The standard InChI is InChI=1S/C35H39NO6S/c1-33-13-12-24(38)15-22(33)8-11-26-27-16-30-35(29(40)18-37,34(27,2)17-28(39)31(26)33)42-32(41-30)21-4-3-5-25(14-21)43-19-20-6-9-23(36)10-7-20/h3-7,9-10,12-15,26-28,30-32,37,39H,8,11,16-19,36H2,1-2H3/t26-,27-,28-,30+,31+,32+,33-,34-,35+/m0/s1. The third-order valence-electron chi connectivity index (χ3n) is 11.3. The number of hydrogen-bond donors (Lipinski definition) is 3. The molecule has 0 radical (unpaired) electrons. The Bertz CT molecular complexity index is 1520. The van der Waals surface area contributed by atoms with Gasteiger partial charge in [-0.15, -0.1) is 11.8 Å². The van der Waals surface area contributed by atoms with Crippen molar-refractivity contribution in [1.82, 2.24) is 0 Å². The monoisotopic (exact) mass is 601 g/mol. The summed E-state index contributed by atoms with van der Waals surface area (Å²) in [4.78, 5) is 27.0. The summed E-state index contributed by atoms with van der Waals surface area (Å²) in [6.07, 6.45) is 5.97. The van der Waals surface area contributed by atoms with E-state index in [2.05, 4.69) is 13.8 Å². The highest BCUT2D eigenvalue weighted by Gasteiger charge is 2.75.